The van der Waals surface area contributed by atoms with Gasteiger partial charge in [-0.05, 0) is 42.5 Å². The molecule has 2 heterocycles. The van der Waals surface area contributed by atoms with Crippen LogP contribution in [0.3, 0.4) is 0 Å². The molecule has 2 aromatic rings. The van der Waals surface area contributed by atoms with Crippen LogP contribution >= 0.6 is 11.6 Å². The summed E-state index contributed by atoms with van der Waals surface area (Å²) in [6.45, 7) is 3.36. The van der Waals surface area contributed by atoms with E-state index in [-0.39, 0.29) is 16.5 Å². The van der Waals surface area contributed by atoms with E-state index >= 15 is 0 Å². The Bertz CT molecular complexity index is 831. The number of carbonyl (C=O) groups excluding carboxylic acids is 1. The topological polar surface area (TPSA) is 44.4 Å². The fraction of sp³-hybridized carbons (Fsp3) is 0.381. The van der Waals surface area contributed by atoms with Crippen LogP contribution in [0.4, 0.5) is 14.9 Å². The number of nitrogens with zero attached hydrogens (tertiary/aromatic N) is 1. The maximum absolute atomic E-state index is 13.3. The highest BCUT2D eigenvalue weighted by molar-refractivity contribution is 6.31. The Kier molecular flexibility index (Phi) is 5.06. The third-order valence-corrected chi connectivity index (χ3v) is 6.18. The van der Waals surface area contributed by atoms with Crippen LogP contribution in [0.5, 0.6) is 0 Å². The van der Waals surface area contributed by atoms with Crippen molar-refractivity contribution >= 4 is 23.3 Å². The number of aryl methyl sites for hydroxylation is 1. The summed E-state index contributed by atoms with van der Waals surface area (Å²) in [5.74, 6) is -0.0277. The molecule has 0 aliphatic carbocycles. The predicted molar refractivity (Wildman–Crippen MR) is 106 cm³/mol. The SMILES string of the molecule is O=C(Nc1ccc(F)c(Cl)c1)N1CC2CNCC2(CCc2ccccc2)C1. The standard InChI is InChI=1S/C21H23ClFN3O/c22-18-10-17(6-7-19(18)23)25-20(27)26-12-16-11-24-13-21(16,14-26)9-8-15-4-2-1-3-5-15/h1-7,10,16,24H,8-9,11-14H2,(H,25,27). The fourth-order valence-electron chi connectivity index (χ4n) is 4.35. The summed E-state index contributed by atoms with van der Waals surface area (Å²) >= 11 is 5.81. The lowest BCUT2D eigenvalue weighted by Crippen LogP contribution is -2.38. The molecule has 2 atom stereocenters. The summed E-state index contributed by atoms with van der Waals surface area (Å²) in [4.78, 5) is 14.6. The van der Waals surface area contributed by atoms with Gasteiger partial charge in [0.15, 0.2) is 0 Å². The molecule has 0 bridgehead atoms. The van der Waals surface area contributed by atoms with Gasteiger partial charge in [0.1, 0.15) is 5.82 Å². The third-order valence-electron chi connectivity index (χ3n) is 5.89. The first-order valence-corrected chi connectivity index (χ1v) is 9.69. The average Bonchev–Trinajstić information content (AvgIpc) is 3.21. The monoisotopic (exact) mass is 387 g/mol. The largest absolute Gasteiger partial charge is 0.324 e. The Balaban J connectivity index is 1.42. The van der Waals surface area contributed by atoms with Crippen LogP contribution < -0.4 is 10.6 Å². The lowest BCUT2D eigenvalue weighted by molar-refractivity contribution is 0.210. The van der Waals surface area contributed by atoms with Crippen molar-refractivity contribution in [2.75, 3.05) is 31.5 Å². The minimum Gasteiger partial charge on any atom is -0.324 e. The van der Waals surface area contributed by atoms with Gasteiger partial charge >= 0.3 is 6.03 Å². The smallest absolute Gasteiger partial charge is 0.321 e. The quantitative estimate of drug-likeness (QED) is 0.827. The average molecular weight is 388 g/mol. The van der Waals surface area contributed by atoms with Crippen LogP contribution in [0, 0.1) is 17.2 Å². The zero-order chi connectivity index (χ0) is 18.9. The van der Waals surface area contributed by atoms with Crippen molar-refractivity contribution in [3.8, 4) is 0 Å². The molecule has 0 spiro atoms. The lowest BCUT2D eigenvalue weighted by Gasteiger charge is -2.28. The van der Waals surface area contributed by atoms with Crippen LogP contribution in [-0.4, -0.2) is 37.1 Å². The molecule has 2 amide bonds. The van der Waals surface area contributed by atoms with Gasteiger partial charge in [-0.2, -0.15) is 0 Å². The Hall–Kier alpha value is -2.11. The first kappa shape index (κ1) is 18.3. The Morgan fingerprint density at radius 3 is 2.89 bits per heavy atom. The molecule has 2 saturated heterocycles. The molecule has 6 heteroatoms. The molecular formula is C21H23ClFN3O. The fourth-order valence-corrected chi connectivity index (χ4v) is 4.53. The van der Waals surface area contributed by atoms with E-state index < -0.39 is 5.82 Å². The number of benzene rings is 2. The number of halogens is 2. The normalized spacial score (nSPS) is 24.1. The zero-order valence-electron chi connectivity index (χ0n) is 15.1. The number of hydrogen-bond donors (Lipinski definition) is 2. The summed E-state index contributed by atoms with van der Waals surface area (Å²) in [5, 5.41) is 6.36. The van der Waals surface area contributed by atoms with E-state index in [0.717, 1.165) is 39.0 Å². The van der Waals surface area contributed by atoms with Crippen molar-refractivity contribution < 1.29 is 9.18 Å². The highest BCUT2D eigenvalue weighted by Gasteiger charge is 2.50. The highest BCUT2D eigenvalue weighted by atomic mass is 35.5. The molecule has 2 aliphatic heterocycles. The summed E-state index contributed by atoms with van der Waals surface area (Å²) in [7, 11) is 0. The number of likely N-dealkylation sites (tertiary alicyclic amines) is 1. The molecule has 0 aromatic heterocycles. The van der Waals surface area contributed by atoms with Gasteiger partial charge in [-0.3, -0.25) is 0 Å². The predicted octanol–water partition coefficient (Wildman–Crippen LogP) is 4.17. The number of amides is 2. The van der Waals surface area contributed by atoms with Crippen molar-refractivity contribution in [2.24, 2.45) is 11.3 Å². The van der Waals surface area contributed by atoms with E-state index in [1.165, 1.54) is 23.8 Å². The van der Waals surface area contributed by atoms with Gasteiger partial charge in [0.25, 0.3) is 0 Å². The molecule has 0 radical (unpaired) electrons. The van der Waals surface area contributed by atoms with Gasteiger partial charge in [-0.25, -0.2) is 9.18 Å². The van der Waals surface area contributed by atoms with E-state index in [1.54, 1.807) is 0 Å². The maximum Gasteiger partial charge on any atom is 0.321 e. The number of anilines is 1. The van der Waals surface area contributed by atoms with E-state index in [0.29, 0.717) is 11.6 Å². The van der Waals surface area contributed by atoms with Crippen molar-refractivity contribution in [3.63, 3.8) is 0 Å². The molecule has 2 aliphatic rings. The van der Waals surface area contributed by atoms with Crippen LogP contribution in [0.25, 0.3) is 0 Å². The number of carbonyl (C=O) groups is 1. The molecule has 142 valence electrons. The second-order valence-corrected chi connectivity index (χ2v) is 8.02. The van der Waals surface area contributed by atoms with Gasteiger partial charge in [0.05, 0.1) is 5.02 Å². The van der Waals surface area contributed by atoms with Crippen LogP contribution in [0.2, 0.25) is 5.02 Å². The molecule has 2 unspecified atom stereocenters. The van der Waals surface area contributed by atoms with Crippen molar-refractivity contribution in [1.29, 1.82) is 0 Å². The van der Waals surface area contributed by atoms with Gasteiger partial charge < -0.3 is 15.5 Å². The van der Waals surface area contributed by atoms with E-state index in [9.17, 15) is 9.18 Å². The van der Waals surface area contributed by atoms with E-state index in [4.69, 9.17) is 11.6 Å². The minimum absolute atomic E-state index is 0.00891. The Labute approximate surface area is 163 Å². The van der Waals surface area contributed by atoms with E-state index in [1.807, 2.05) is 11.0 Å². The summed E-state index contributed by atoms with van der Waals surface area (Å²) in [5.41, 5.74) is 1.97. The molecule has 2 aromatic carbocycles. The Morgan fingerprint density at radius 2 is 2.11 bits per heavy atom. The van der Waals surface area contributed by atoms with Crippen LogP contribution in [-0.2, 0) is 6.42 Å². The van der Waals surface area contributed by atoms with Crippen molar-refractivity contribution in [1.82, 2.24) is 10.2 Å². The molecule has 2 N–H and O–H groups in total. The second kappa shape index (κ2) is 7.49. The molecule has 0 saturated carbocycles. The van der Waals surface area contributed by atoms with Gasteiger partial charge in [-0.1, -0.05) is 41.9 Å². The number of hydrogen-bond acceptors (Lipinski definition) is 2. The van der Waals surface area contributed by atoms with Gasteiger partial charge in [0.2, 0.25) is 0 Å². The van der Waals surface area contributed by atoms with Crippen LogP contribution in [0.15, 0.2) is 48.5 Å². The van der Waals surface area contributed by atoms with Crippen molar-refractivity contribution in [3.05, 3.63) is 64.9 Å². The number of urea groups is 1. The third kappa shape index (κ3) is 3.80. The highest BCUT2D eigenvalue weighted by Crippen LogP contribution is 2.42. The summed E-state index contributed by atoms with van der Waals surface area (Å²) in [6, 6.07) is 14.6. The minimum atomic E-state index is -0.490. The number of rotatable bonds is 4. The summed E-state index contributed by atoms with van der Waals surface area (Å²) < 4.78 is 13.3. The molecule has 27 heavy (non-hydrogen) atoms. The summed E-state index contributed by atoms with van der Waals surface area (Å²) in [6.07, 6.45) is 2.07. The molecule has 4 rings (SSSR count). The number of fused-ring (bicyclic) bond motifs is 1. The first-order valence-electron chi connectivity index (χ1n) is 9.31. The van der Waals surface area contributed by atoms with Crippen molar-refractivity contribution in [2.45, 2.75) is 12.8 Å². The van der Waals surface area contributed by atoms with Crippen LogP contribution in [0.1, 0.15) is 12.0 Å². The van der Waals surface area contributed by atoms with Gasteiger partial charge in [0, 0.05) is 37.3 Å². The number of nitrogens with one attached hydrogen (secondary N) is 2. The van der Waals surface area contributed by atoms with E-state index in [2.05, 4.69) is 34.9 Å². The second-order valence-electron chi connectivity index (χ2n) is 7.62. The maximum atomic E-state index is 13.3. The molecule has 2 fully saturated rings. The van der Waals surface area contributed by atoms with Gasteiger partial charge in [-0.15, -0.1) is 0 Å². The lowest BCUT2D eigenvalue weighted by atomic mass is 9.76. The first-order chi connectivity index (χ1) is 13.1. The zero-order valence-corrected chi connectivity index (χ0v) is 15.8. The molecular weight excluding hydrogens is 365 g/mol. The Morgan fingerprint density at radius 1 is 1.30 bits per heavy atom. The molecule has 4 nitrogen and oxygen atoms in total.